The van der Waals surface area contributed by atoms with Crippen molar-refractivity contribution < 1.29 is 23.5 Å². The number of carbonyl (C=O) groups excluding carboxylic acids is 3. The summed E-state index contributed by atoms with van der Waals surface area (Å²) < 4.78 is 22.5. The number of fused-ring (bicyclic) bond motifs is 1. The summed E-state index contributed by atoms with van der Waals surface area (Å²) in [4.78, 5) is 62.0. The van der Waals surface area contributed by atoms with Crippen molar-refractivity contribution in [2.45, 2.75) is 32.0 Å². The van der Waals surface area contributed by atoms with E-state index in [1.165, 1.54) is 59.2 Å². The van der Waals surface area contributed by atoms with Gasteiger partial charge in [0.15, 0.2) is 6.10 Å². The van der Waals surface area contributed by atoms with E-state index in [4.69, 9.17) is 4.74 Å². The summed E-state index contributed by atoms with van der Waals surface area (Å²) in [6, 6.07) is 14.0. The summed E-state index contributed by atoms with van der Waals surface area (Å²) in [5, 5.41) is 2.53. The number of imidazole rings is 1. The molecular formula is C31H34FN7O5. The molecule has 4 rings (SSSR count). The predicted molar refractivity (Wildman–Crippen MR) is 162 cm³/mol. The first-order valence-corrected chi connectivity index (χ1v) is 13.8. The maximum Gasteiger partial charge on any atom is 0.410 e. The van der Waals surface area contributed by atoms with E-state index in [-0.39, 0.29) is 31.0 Å². The van der Waals surface area contributed by atoms with Crippen LogP contribution in [0, 0.1) is 5.82 Å². The quantitative estimate of drug-likeness (QED) is 0.260. The lowest BCUT2D eigenvalue weighted by molar-refractivity contribution is -0.125. The fraction of sp³-hybridized carbons (Fsp3) is 0.290. The summed E-state index contributed by atoms with van der Waals surface area (Å²) in [6.07, 6.45) is 3.81. The zero-order valence-corrected chi connectivity index (χ0v) is 24.9. The maximum absolute atomic E-state index is 14.0. The fourth-order valence-corrected chi connectivity index (χ4v) is 4.28. The maximum atomic E-state index is 14.0. The van der Waals surface area contributed by atoms with Crippen molar-refractivity contribution in [1.29, 1.82) is 0 Å². The molecule has 0 radical (unpaired) electrons. The molecule has 2 heterocycles. The van der Waals surface area contributed by atoms with E-state index < -0.39 is 29.5 Å². The van der Waals surface area contributed by atoms with E-state index in [1.54, 1.807) is 26.2 Å². The molecule has 0 spiro atoms. The lowest BCUT2D eigenvalue weighted by atomic mass is 10.1. The Hall–Kier alpha value is -5.33. The van der Waals surface area contributed by atoms with E-state index in [1.807, 2.05) is 34.9 Å². The lowest BCUT2D eigenvalue weighted by Gasteiger charge is -2.19. The number of nitrogens with one attached hydrogen (secondary N) is 1. The van der Waals surface area contributed by atoms with Gasteiger partial charge in [0.1, 0.15) is 17.3 Å². The molecule has 1 atom stereocenters. The number of allylic oxidation sites excluding steroid dienone is 1. The van der Waals surface area contributed by atoms with Crippen molar-refractivity contribution in [3.63, 3.8) is 0 Å². The average Bonchev–Trinajstić information content (AvgIpc) is 3.31. The minimum absolute atomic E-state index is 0.0115. The van der Waals surface area contributed by atoms with Crippen LogP contribution in [0.2, 0.25) is 0 Å². The van der Waals surface area contributed by atoms with Crippen molar-refractivity contribution in [3.8, 4) is 0 Å². The van der Waals surface area contributed by atoms with Crippen LogP contribution in [-0.2, 0) is 27.4 Å². The van der Waals surface area contributed by atoms with Crippen molar-refractivity contribution in [3.05, 3.63) is 101 Å². The van der Waals surface area contributed by atoms with Gasteiger partial charge in [-0.2, -0.15) is 0 Å². The van der Waals surface area contributed by atoms with E-state index in [9.17, 15) is 23.6 Å². The minimum atomic E-state index is -1.25. The summed E-state index contributed by atoms with van der Waals surface area (Å²) in [5.41, 5.74) is 1.43. The third kappa shape index (κ3) is 7.94. The van der Waals surface area contributed by atoms with E-state index in [0.717, 1.165) is 5.56 Å². The molecule has 0 saturated carbocycles. The Kier molecular flexibility index (Phi) is 10.2. The second-order valence-electron chi connectivity index (χ2n) is 10.4. The Morgan fingerprint density at radius 3 is 2.50 bits per heavy atom. The number of hydrogen-bond acceptors (Lipinski definition) is 7. The zero-order valence-electron chi connectivity index (χ0n) is 24.9. The summed E-state index contributed by atoms with van der Waals surface area (Å²) in [6.45, 7) is 0.423. The Balaban J connectivity index is 1.57. The number of benzene rings is 2. The minimum Gasteiger partial charge on any atom is -0.436 e. The van der Waals surface area contributed by atoms with Gasteiger partial charge in [-0.3, -0.25) is 19.0 Å². The van der Waals surface area contributed by atoms with Crippen LogP contribution in [0.25, 0.3) is 11.0 Å². The molecule has 13 heteroatoms. The Labute approximate surface area is 253 Å². The lowest BCUT2D eigenvalue weighted by Crippen LogP contribution is -2.37. The Morgan fingerprint density at radius 1 is 1.05 bits per heavy atom. The van der Waals surface area contributed by atoms with Gasteiger partial charge in [-0.1, -0.05) is 36.4 Å². The first-order chi connectivity index (χ1) is 21.0. The smallest absolute Gasteiger partial charge is 0.410 e. The summed E-state index contributed by atoms with van der Waals surface area (Å²) in [7, 11) is 6.18. The molecule has 0 unspecified atom stereocenters. The van der Waals surface area contributed by atoms with Crippen LogP contribution >= 0.6 is 0 Å². The molecule has 12 nitrogen and oxygen atoms in total. The Morgan fingerprint density at radius 2 is 1.80 bits per heavy atom. The number of likely N-dealkylation sites (N-methyl/N-ethyl adjacent to an activating group) is 1. The van der Waals surface area contributed by atoms with Crippen molar-refractivity contribution in [2.75, 3.05) is 33.5 Å². The highest BCUT2D eigenvalue weighted by Gasteiger charge is 2.25. The van der Waals surface area contributed by atoms with Gasteiger partial charge in [-0.05, 0) is 36.6 Å². The van der Waals surface area contributed by atoms with Gasteiger partial charge in [0.05, 0.1) is 30.1 Å². The number of ether oxygens (including phenoxy) is 1. The van der Waals surface area contributed by atoms with Crippen molar-refractivity contribution in [1.82, 2.24) is 28.9 Å². The van der Waals surface area contributed by atoms with Crippen LogP contribution in [0.4, 0.5) is 14.9 Å². The van der Waals surface area contributed by atoms with Gasteiger partial charge in [-0.15, -0.1) is 0 Å². The van der Waals surface area contributed by atoms with Crippen LogP contribution in [0.15, 0.2) is 78.0 Å². The molecule has 0 aliphatic carbocycles. The number of rotatable bonds is 11. The van der Waals surface area contributed by atoms with Crippen molar-refractivity contribution in [2.24, 2.45) is 0 Å². The van der Waals surface area contributed by atoms with Crippen LogP contribution in [-0.4, -0.2) is 81.1 Å². The molecule has 0 aliphatic rings. The molecule has 0 fully saturated rings. The predicted octanol–water partition coefficient (Wildman–Crippen LogP) is 3.26. The molecule has 1 N–H and O–H groups in total. The van der Waals surface area contributed by atoms with Crippen LogP contribution < -0.4 is 10.9 Å². The number of aromatic nitrogens is 4. The molecule has 4 aromatic rings. The number of amides is 3. The number of nitrogens with zero attached hydrogens (tertiary/aromatic N) is 6. The average molecular weight is 604 g/mol. The number of hydrogen-bond donors (Lipinski definition) is 1. The van der Waals surface area contributed by atoms with Gasteiger partial charge in [-0.25, -0.2) is 19.2 Å². The molecule has 2 aromatic carbocycles. The first kappa shape index (κ1) is 31.6. The molecule has 2 aromatic heterocycles. The first-order valence-electron chi connectivity index (χ1n) is 13.8. The van der Waals surface area contributed by atoms with Crippen LogP contribution in [0.1, 0.15) is 24.2 Å². The molecule has 3 amide bonds. The standard InChI is InChI=1S/C31H34FN7O5/c1-36(2)28(40)13-9-8-12-26(44-31(43)37(3)4)29(41)35-24-17-33-20-38(30(24)42)19-27-34-23-16-22(32)14-15-25(23)39(27)18-21-10-6-5-7-11-21/h5-7,9-11,13-17,20,26H,8,12,18-19H2,1-4H3,(H,35,41)/b13-9+/t26-/m0/s1. The second-order valence-corrected chi connectivity index (χ2v) is 10.4. The third-order valence-corrected chi connectivity index (χ3v) is 6.64. The summed E-state index contributed by atoms with van der Waals surface area (Å²) in [5.74, 6) is -0.898. The van der Waals surface area contributed by atoms with E-state index in [0.29, 0.717) is 23.4 Å². The molecule has 0 aliphatic heterocycles. The zero-order chi connectivity index (χ0) is 31.8. The van der Waals surface area contributed by atoms with Crippen LogP contribution in [0.3, 0.4) is 0 Å². The molecular weight excluding hydrogens is 569 g/mol. The highest BCUT2D eigenvalue weighted by Crippen LogP contribution is 2.20. The Bertz CT molecular complexity index is 1730. The van der Waals surface area contributed by atoms with Gasteiger partial charge in [0.2, 0.25) is 5.91 Å². The fourth-order valence-electron chi connectivity index (χ4n) is 4.28. The number of carbonyl (C=O) groups is 3. The number of halogens is 1. The SMILES string of the molecule is CN(C)C(=O)/C=C/CC[C@H](OC(=O)N(C)C)C(=O)Nc1cncn(Cc2nc3cc(F)ccc3n2Cc2ccccc2)c1=O. The molecule has 0 saturated heterocycles. The second kappa shape index (κ2) is 14.2. The largest absolute Gasteiger partial charge is 0.436 e. The molecule has 0 bridgehead atoms. The normalized spacial score (nSPS) is 11.8. The highest BCUT2D eigenvalue weighted by molar-refractivity contribution is 5.95. The van der Waals surface area contributed by atoms with Crippen LogP contribution in [0.5, 0.6) is 0 Å². The van der Waals surface area contributed by atoms with E-state index >= 15 is 0 Å². The van der Waals surface area contributed by atoms with Crippen molar-refractivity contribution >= 4 is 34.6 Å². The topological polar surface area (TPSA) is 132 Å². The van der Waals surface area contributed by atoms with Gasteiger partial charge < -0.3 is 24.4 Å². The van der Waals surface area contributed by atoms with E-state index in [2.05, 4.69) is 15.3 Å². The monoisotopic (exact) mass is 603 g/mol. The molecule has 44 heavy (non-hydrogen) atoms. The van der Waals surface area contributed by atoms with Gasteiger partial charge >= 0.3 is 6.09 Å². The number of anilines is 1. The third-order valence-electron chi connectivity index (χ3n) is 6.64. The van der Waals surface area contributed by atoms with Gasteiger partial charge in [0.25, 0.3) is 11.5 Å². The molecule has 230 valence electrons. The highest BCUT2D eigenvalue weighted by atomic mass is 19.1. The van der Waals surface area contributed by atoms with Gasteiger partial charge in [0, 0.05) is 40.8 Å². The summed E-state index contributed by atoms with van der Waals surface area (Å²) >= 11 is 0.